The molecule has 0 radical (unpaired) electrons. The van der Waals surface area contributed by atoms with Gasteiger partial charge in [0.25, 0.3) is 5.69 Å². The molecule has 0 bridgehead atoms. The average Bonchev–Trinajstić information content (AvgIpc) is 2.19. The zero-order valence-corrected chi connectivity index (χ0v) is 9.77. The predicted octanol–water partition coefficient (Wildman–Crippen LogP) is 2.10. The van der Waals surface area contributed by atoms with E-state index in [0.29, 0.717) is 5.56 Å². The number of hydrogen-bond donors (Lipinski definition) is 1. The van der Waals surface area contributed by atoms with E-state index >= 15 is 0 Å². The van der Waals surface area contributed by atoms with Crippen molar-refractivity contribution >= 4 is 17.7 Å². The molecule has 0 saturated heterocycles. The molecule has 2 N–H and O–H groups in total. The SMILES string of the molecule is Cc1cc(C)c(C=CCC(N)=O)c([N+](=O)[O-])c1. The van der Waals surface area contributed by atoms with E-state index in [0.717, 1.165) is 11.1 Å². The molecule has 5 nitrogen and oxygen atoms in total. The molecule has 0 spiro atoms. The van der Waals surface area contributed by atoms with Crippen LogP contribution in [0.3, 0.4) is 0 Å². The normalized spacial score (nSPS) is 10.7. The van der Waals surface area contributed by atoms with Crippen molar-refractivity contribution in [2.75, 3.05) is 0 Å². The maximum atomic E-state index is 10.9. The summed E-state index contributed by atoms with van der Waals surface area (Å²) in [6.45, 7) is 3.60. The summed E-state index contributed by atoms with van der Waals surface area (Å²) in [5.74, 6) is -0.464. The Labute approximate surface area is 99.1 Å². The van der Waals surface area contributed by atoms with Gasteiger partial charge in [-0.3, -0.25) is 14.9 Å². The van der Waals surface area contributed by atoms with Gasteiger partial charge in [-0.2, -0.15) is 0 Å². The molecular formula is C12H14N2O3. The highest BCUT2D eigenvalue weighted by Gasteiger charge is 2.14. The Kier molecular flexibility index (Phi) is 3.98. The van der Waals surface area contributed by atoms with Crippen molar-refractivity contribution in [3.63, 3.8) is 0 Å². The molecule has 0 aliphatic carbocycles. The van der Waals surface area contributed by atoms with Gasteiger partial charge < -0.3 is 5.73 Å². The van der Waals surface area contributed by atoms with Crippen molar-refractivity contribution in [3.8, 4) is 0 Å². The molecule has 5 heteroatoms. The van der Waals surface area contributed by atoms with Gasteiger partial charge in [-0.1, -0.05) is 18.2 Å². The van der Waals surface area contributed by atoms with E-state index in [9.17, 15) is 14.9 Å². The molecule has 0 heterocycles. The van der Waals surface area contributed by atoms with Crippen LogP contribution in [0.4, 0.5) is 5.69 Å². The van der Waals surface area contributed by atoms with Crippen molar-refractivity contribution in [2.45, 2.75) is 20.3 Å². The summed E-state index contributed by atoms with van der Waals surface area (Å²) in [6, 6.07) is 3.37. The number of amides is 1. The van der Waals surface area contributed by atoms with E-state index in [1.54, 1.807) is 19.9 Å². The maximum Gasteiger partial charge on any atom is 0.277 e. The van der Waals surface area contributed by atoms with Gasteiger partial charge in [0.1, 0.15) is 0 Å². The number of carbonyl (C=O) groups is 1. The van der Waals surface area contributed by atoms with Crippen LogP contribution in [0.25, 0.3) is 6.08 Å². The Balaban J connectivity index is 3.17. The number of rotatable bonds is 4. The van der Waals surface area contributed by atoms with E-state index in [2.05, 4.69) is 0 Å². The fraction of sp³-hybridized carbons (Fsp3) is 0.250. The van der Waals surface area contributed by atoms with Gasteiger partial charge in [0.2, 0.25) is 5.91 Å². The number of nitrogens with two attached hydrogens (primary N) is 1. The first kappa shape index (κ1) is 12.9. The van der Waals surface area contributed by atoms with Gasteiger partial charge in [0.05, 0.1) is 10.5 Å². The third-order valence-electron chi connectivity index (χ3n) is 2.31. The molecule has 1 rings (SSSR count). The standard InChI is InChI=1S/C12H14N2O3/c1-8-6-9(2)10(4-3-5-12(13)15)11(7-8)14(16)17/h3-4,6-7H,5H2,1-2H3,(H2,13,15). The molecule has 0 aliphatic rings. The van der Waals surface area contributed by atoms with Crippen molar-refractivity contribution < 1.29 is 9.72 Å². The smallest absolute Gasteiger partial charge is 0.277 e. The molecule has 0 aromatic heterocycles. The molecule has 1 aromatic carbocycles. The van der Waals surface area contributed by atoms with E-state index in [1.807, 2.05) is 6.07 Å². The van der Waals surface area contributed by atoms with Gasteiger partial charge in [-0.05, 0) is 25.0 Å². The van der Waals surface area contributed by atoms with Crippen LogP contribution in [0.2, 0.25) is 0 Å². The molecule has 0 unspecified atom stereocenters. The number of primary amides is 1. The zero-order chi connectivity index (χ0) is 13.0. The third kappa shape index (κ3) is 3.41. The minimum atomic E-state index is -0.464. The number of benzene rings is 1. The number of carbonyl (C=O) groups excluding carboxylic acids is 1. The summed E-state index contributed by atoms with van der Waals surface area (Å²) in [4.78, 5) is 21.1. The van der Waals surface area contributed by atoms with Gasteiger partial charge in [-0.15, -0.1) is 0 Å². The quantitative estimate of drug-likeness (QED) is 0.639. The first-order chi connectivity index (χ1) is 7.91. The zero-order valence-electron chi connectivity index (χ0n) is 9.77. The van der Waals surface area contributed by atoms with Crippen LogP contribution in [-0.2, 0) is 4.79 Å². The van der Waals surface area contributed by atoms with Gasteiger partial charge in [0, 0.05) is 12.5 Å². The van der Waals surface area contributed by atoms with Crippen LogP contribution in [-0.4, -0.2) is 10.8 Å². The highest BCUT2D eigenvalue weighted by Crippen LogP contribution is 2.25. The first-order valence-electron chi connectivity index (χ1n) is 5.12. The fourth-order valence-corrected chi connectivity index (χ4v) is 1.62. The van der Waals surface area contributed by atoms with Crippen LogP contribution in [0.1, 0.15) is 23.1 Å². The van der Waals surface area contributed by atoms with E-state index in [4.69, 9.17) is 5.73 Å². The number of nitrogens with zero attached hydrogens (tertiary/aromatic N) is 1. The summed E-state index contributed by atoms with van der Waals surface area (Å²) in [5, 5.41) is 10.9. The van der Waals surface area contributed by atoms with Crippen LogP contribution >= 0.6 is 0 Å². The summed E-state index contributed by atoms with van der Waals surface area (Å²) in [6.07, 6.45) is 3.18. The number of aryl methyl sites for hydroxylation is 2. The van der Waals surface area contributed by atoms with Gasteiger partial charge >= 0.3 is 0 Å². The minimum absolute atomic E-state index is 0.0446. The molecule has 0 fully saturated rings. The lowest BCUT2D eigenvalue weighted by Gasteiger charge is -2.04. The van der Waals surface area contributed by atoms with E-state index < -0.39 is 10.8 Å². The Morgan fingerprint density at radius 3 is 2.65 bits per heavy atom. The average molecular weight is 234 g/mol. The highest BCUT2D eigenvalue weighted by molar-refractivity contribution is 5.77. The van der Waals surface area contributed by atoms with Gasteiger partial charge in [0.15, 0.2) is 0 Å². The molecule has 0 atom stereocenters. The largest absolute Gasteiger partial charge is 0.369 e. The van der Waals surface area contributed by atoms with Crippen molar-refractivity contribution in [1.29, 1.82) is 0 Å². The monoisotopic (exact) mass is 234 g/mol. The summed E-state index contributed by atoms with van der Waals surface area (Å²) in [7, 11) is 0. The fourth-order valence-electron chi connectivity index (χ4n) is 1.62. The topological polar surface area (TPSA) is 86.2 Å². The number of hydrogen-bond acceptors (Lipinski definition) is 3. The summed E-state index contributed by atoms with van der Waals surface area (Å²) in [5.41, 5.74) is 7.19. The lowest BCUT2D eigenvalue weighted by Crippen LogP contribution is -2.08. The molecule has 0 saturated carbocycles. The second-order valence-corrected chi connectivity index (χ2v) is 3.84. The lowest BCUT2D eigenvalue weighted by atomic mass is 10.0. The van der Waals surface area contributed by atoms with Crippen molar-refractivity contribution in [3.05, 3.63) is 45.0 Å². The van der Waals surface area contributed by atoms with Gasteiger partial charge in [-0.25, -0.2) is 0 Å². The van der Waals surface area contributed by atoms with Crippen molar-refractivity contribution in [2.24, 2.45) is 5.73 Å². The maximum absolute atomic E-state index is 10.9. The Morgan fingerprint density at radius 1 is 1.47 bits per heavy atom. The van der Waals surface area contributed by atoms with Crippen LogP contribution in [0.5, 0.6) is 0 Å². The Morgan fingerprint density at radius 2 is 2.12 bits per heavy atom. The highest BCUT2D eigenvalue weighted by atomic mass is 16.6. The first-order valence-corrected chi connectivity index (χ1v) is 5.12. The third-order valence-corrected chi connectivity index (χ3v) is 2.31. The van der Waals surface area contributed by atoms with E-state index in [-0.39, 0.29) is 12.1 Å². The van der Waals surface area contributed by atoms with Crippen LogP contribution in [0.15, 0.2) is 18.2 Å². The van der Waals surface area contributed by atoms with Crippen LogP contribution < -0.4 is 5.73 Å². The molecule has 1 aromatic rings. The lowest BCUT2D eigenvalue weighted by molar-refractivity contribution is -0.385. The Hall–Kier alpha value is -2.17. The minimum Gasteiger partial charge on any atom is -0.369 e. The molecular weight excluding hydrogens is 220 g/mol. The summed E-state index contributed by atoms with van der Waals surface area (Å²) >= 11 is 0. The predicted molar refractivity (Wildman–Crippen MR) is 65.4 cm³/mol. The molecule has 90 valence electrons. The number of nitro benzene ring substituents is 1. The molecule has 17 heavy (non-hydrogen) atoms. The molecule has 0 aliphatic heterocycles. The van der Waals surface area contributed by atoms with E-state index in [1.165, 1.54) is 12.1 Å². The van der Waals surface area contributed by atoms with Crippen molar-refractivity contribution in [1.82, 2.24) is 0 Å². The number of nitro groups is 1. The second-order valence-electron chi connectivity index (χ2n) is 3.84. The molecule has 1 amide bonds. The Bertz CT molecular complexity index is 493. The second kappa shape index (κ2) is 5.25. The summed E-state index contributed by atoms with van der Waals surface area (Å²) < 4.78 is 0. The van der Waals surface area contributed by atoms with Crippen LogP contribution in [0, 0.1) is 24.0 Å².